The first-order chi connectivity index (χ1) is 10.7. The van der Waals surface area contributed by atoms with E-state index < -0.39 is 0 Å². The third-order valence-corrected chi connectivity index (χ3v) is 4.31. The Morgan fingerprint density at radius 3 is 3.09 bits per heavy atom. The van der Waals surface area contributed by atoms with E-state index in [1.54, 1.807) is 24.5 Å². The molecule has 3 heterocycles. The molecule has 0 aromatic carbocycles. The van der Waals surface area contributed by atoms with Gasteiger partial charge < -0.3 is 9.84 Å². The van der Waals surface area contributed by atoms with Crippen LogP contribution in [0.5, 0.6) is 0 Å². The summed E-state index contributed by atoms with van der Waals surface area (Å²) in [5.41, 5.74) is 3.10. The van der Waals surface area contributed by atoms with Crippen molar-refractivity contribution in [3.8, 4) is 10.6 Å². The van der Waals surface area contributed by atoms with Crippen LogP contribution in [0.4, 0.5) is 0 Å². The Balaban J connectivity index is 1.75. The van der Waals surface area contributed by atoms with Gasteiger partial charge in [0.15, 0.2) is 0 Å². The second kappa shape index (κ2) is 6.15. The quantitative estimate of drug-likeness (QED) is 0.758. The van der Waals surface area contributed by atoms with Crippen LogP contribution >= 0.6 is 11.3 Å². The fourth-order valence-electron chi connectivity index (χ4n) is 2.29. The highest BCUT2D eigenvalue weighted by Gasteiger charge is 2.19. The molecule has 2 N–H and O–H groups in total. The Bertz CT molecular complexity index is 773. The van der Waals surface area contributed by atoms with E-state index in [0.29, 0.717) is 30.0 Å². The Morgan fingerprint density at radius 1 is 1.50 bits per heavy atom. The molecule has 0 aliphatic rings. The number of aryl methyl sites for hydroxylation is 2. The molecular formula is C15H16N4O2S. The lowest BCUT2D eigenvalue weighted by Gasteiger charge is -2.05. The highest BCUT2D eigenvalue weighted by molar-refractivity contribution is 7.13. The molecule has 22 heavy (non-hydrogen) atoms. The fourth-order valence-corrected chi connectivity index (χ4v) is 3.05. The Hall–Kier alpha value is -2.41. The normalized spacial score (nSPS) is 10.8. The first-order valence-electron chi connectivity index (χ1n) is 7.00. The van der Waals surface area contributed by atoms with Crippen LogP contribution in [-0.4, -0.2) is 21.3 Å². The average molecular weight is 316 g/mol. The van der Waals surface area contributed by atoms with Crippen molar-refractivity contribution < 1.29 is 9.32 Å². The predicted molar refractivity (Wildman–Crippen MR) is 83.7 cm³/mol. The number of rotatable bonds is 5. The fraction of sp³-hybridized carbons (Fsp3) is 0.267. The number of amides is 1. The lowest BCUT2D eigenvalue weighted by molar-refractivity contribution is 0.0948. The van der Waals surface area contributed by atoms with Crippen molar-refractivity contribution in [1.29, 1.82) is 0 Å². The van der Waals surface area contributed by atoms with Gasteiger partial charge in [-0.3, -0.25) is 9.89 Å². The van der Waals surface area contributed by atoms with Crippen molar-refractivity contribution in [2.75, 3.05) is 0 Å². The number of carbonyl (C=O) groups is 1. The molecule has 0 aliphatic carbocycles. The lowest BCUT2D eigenvalue weighted by atomic mass is 10.1. The molecule has 3 aromatic rings. The van der Waals surface area contributed by atoms with E-state index in [1.165, 1.54) is 0 Å². The minimum atomic E-state index is -0.172. The van der Waals surface area contributed by atoms with Crippen molar-refractivity contribution in [1.82, 2.24) is 20.7 Å². The predicted octanol–water partition coefficient (Wildman–Crippen LogP) is 2.93. The van der Waals surface area contributed by atoms with Gasteiger partial charge in [0.1, 0.15) is 11.3 Å². The summed E-state index contributed by atoms with van der Waals surface area (Å²) in [5.74, 6) is 0.369. The maximum atomic E-state index is 12.4. The zero-order valence-corrected chi connectivity index (χ0v) is 13.2. The largest absolute Gasteiger partial charge is 0.361 e. The molecule has 3 rings (SSSR count). The minimum absolute atomic E-state index is 0.172. The molecule has 3 aromatic heterocycles. The van der Waals surface area contributed by atoms with Gasteiger partial charge in [-0.25, -0.2) is 0 Å². The van der Waals surface area contributed by atoms with Crippen molar-refractivity contribution in [3.05, 3.63) is 46.3 Å². The molecule has 114 valence electrons. The van der Waals surface area contributed by atoms with Gasteiger partial charge in [-0.05, 0) is 24.8 Å². The van der Waals surface area contributed by atoms with Crippen LogP contribution in [0.1, 0.15) is 34.3 Å². The minimum Gasteiger partial charge on any atom is -0.361 e. The second-order valence-electron chi connectivity index (χ2n) is 4.84. The lowest BCUT2D eigenvalue weighted by Crippen LogP contribution is -2.24. The van der Waals surface area contributed by atoms with Crippen LogP contribution in [0.3, 0.4) is 0 Å². The van der Waals surface area contributed by atoms with Gasteiger partial charge in [-0.2, -0.15) is 5.10 Å². The van der Waals surface area contributed by atoms with Crippen molar-refractivity contribution in [3.63, 3.8) is 0 Å². The van der Waals surface area contributed by atoms with Crippen molar-refractivity contribution >= 4 is 17.2 Å². The smallest absolute Gasteiger partial charge is 0.257 e. The van der Waals surface area contributed by atoms with Crippen LogP contribution in [0.25, 0.3) is 10.6 Å². The second-order valence-corrected chi connectivity index (χ2v) is 5.79. The molecule has 0 saturated heterocycles. The maximum Gasteiger partial charge on any atom is 0.257 e. The third kappa shape index (κ3) is 2.67. The third-order valence-electron chi connectivity index (χ3n) is 3.42. The summed E-state index contributed by atoms with van der Waals surface area (Å²) in [4.78, 5) is 13.5. The molecule has 0 unspecified atom stereocenters. The number of thiophene rings is 1. The number of H-pyrrole nitrogens is 1. The molecule has 0 aliphatic heterocycles. The van der Waals surface area contributed by atoms with Crippen molar-refractivity contribution in [2.24, 2.45) is 0 Å². The SMILES string of the molecule is CCc1noc(C)c1C(=O)NCc1cn[nH]c1-c1cccs1. The topological polar surface area (TPSA) is 83.8 Å². The monoisotopic (exact) mass is 316 g/mol. The van der Waals surface area contributed by atoms with E-state index >= 15 is 0 Å². The van der Waals surface area contributed by atoms with Crippen LogP contribution < -0.4 is 5.32 Å². The number of nitrogens with one attached hydrogen (secondary N) is 2. The Labute approximate surface area is 131 Å². The molecule has 0 atom stereocenters. The molecule has 0 saturated carbocycles. The summed E-state index contributed by atoms with van der Waals surface area (Å²) < 4.78 is 5.10. The van der Waals surface area contributed by atoms with E-state index in [0.717, 1.165) is 16.1 Å². The van der Waals surface area contributed by atoms with Gasteiger partial charge in [-0.15, -0.1) is 11.3 Å². The zero-order valence-electron chi connectivity index (χ0n) is 12.3. The Morgan fingerprint density at radius 2 is 2.36 bits per heavy atom. The summed E-state index contributed by atoms with van der Waals surface area (Å²) in [6.45, 7) is 4.09. The summed E-state index contributed by atoms with van der Waals surface area (Å²) >= 11 is 1.63. The summed E-state index contributed by atoms with van der Waals surface area (Å²) in [7, 11) is 0. The zero-order chi connectivity index (χ0) is 15.5. The number of aromatic nitrogens is 3. The van der Waals surface area contributed by atoms with Gasteiger partial charge in [0.05, 0.1) is 22.5 Å². The highest BCUT2D eigenvalue weighted by atomic mass is 32.1. The molecule has 1 amide bonds. The number of nitrogens with zero attached hydrogens (tertiary/aromatic N) is 2. The van der Waals surface area contributed by atoms with E-state index in [-0.39, 0.29) is 5.91 Å². The first kappa shape index (κ1) is 14.5. The van der Waals surface area contributed by atoms with E-state index in [9.17, 15) is 4.79 Å². The first-order valence-corrected chi connectivity index (χ1v) is 7.88. The van der Waals surface area contributed by atoms with Gasteiger partial charge in [0, 0.05) is 12.1 Å². The van der Waals surface area contributed by atoms with Gasteiger partial charge in [0.25, 0.3) is 5.91 Å². The van der Waals surface area contributed by atoms with E-state index in [1.807, 2.05) is 24.4 Å². The number of hydrogen-bond acceptors (Lipinski definition) is 5. The molecule has 7 heteroatoms. The Kier molecular flexibility index (Phi) is 4.06. The van der Waals surface area contributed by atoms with Gasteiger partial charge in [-0.1, -0.05) is 18.1 Å². The van der Waals surface area contributed by atoms with Gasteiger partial charge >= 0.3 is 0 Å². The summed E-state index contributed by atoms with van der Waals surface area (Å²) in [5, 5.41) is 15.9. The highest BCUT2D eigenvalue weighted by Crippen LogP contribution is 2.25. The van der Waals surface area contributed by atoms with E-state index in [2.05, 4.69) is 20.7 Å². The van der Waals surface area contributed by atoms with Crippen LogP contribution in [0.2, 0.25) is 0 Å². The van der Waals surface area contributed by atoms with Crippen LogP contribution in [-0.2, 0) is 13.0 Å². The number of carbonyl (C=O) groups excluding carboxylic acids is 1. The van der Waals surface area contributed by atoms with E-state index in [4.69, 9.17) is 4.52 Å². The number of hydrogen-bond donors (Lipinski definition) is 2. The summed E-state index contributed by atoms with van der Waals surface area (Å²) in [6.07, 6.45) is 2.39. The average Bonchev–Trinajstić information content (AvgIpc) is 3.24. The summed E-state index contributed by atoms with van der Waals surface area (Å²) in [6, 6.07) is 4.00. The standard InChI is InChI=1S/C15H16N4O2S/c1-3-11-13(9(2)21-19-11)15(20)16-7-10-8-17-18-14(10)12-5-4-6-22-12/h4-6,8H,3,7H2,1-2H3,(H,16,20)(H,17,18). The number of aromatic amines is 1. The molecular weight excluding hydrogens is 300 g/mol. The molecule has 0 fully saturated rings. The molecule has 0 bridgehead atoms. The van der Waals surface area contributed by atoms with Crippen LogP contribution in [0.15, 0.2) is 28.2 Å². The molecule has 6 nitrogen and oxygen atoms in total. The van der Waals surface area contributed by atoms with Gasteiger partial charge in [0.2, 0.25) is 0 Å². The molecule has 0 radical (unpaired) electrons. The molecule has 0 spiro atoms. The maximum absolute atomic E-state index is 12.4. The van der Waals surface area contributed by atoms with Crippen molar-refractivity contribution in [2.45, 2.75) is 26.8 Å². The van der Waals surface area contributed by atoms with Crippen LogP contribution in [0, 0.1) is 6.92 Å².